The maximum atomic E-state index is 11.8. The van der Waals surface area contributed by atoms with Crippen molar-refractivity contribution in [2.45, 2.75) is 72.1 Å². The Hall–Kier alpha value is -1.51. The van der Waals surface area contributed by atoms with Gasteiger partial charge in [-0.2, -0.15) is 0 Å². The predicted octanol–water partition coefficient (Wildman–Crippen LogP) is 6.32. The Bertz CT molecular complexity index is 452. The molecule has 0 aromatic heterocycles. The molecule has 0 amide bonds. The number of carbonyl (C=O) groups is 1. The van der Waals surface area contributed by atoms with E-state index in [9.17, 15) is 4.79 Å². The second kappa shape index (κ2) is 11.1. The average Bonchev–Trinajstić information content (AvgIpc) is 2.50. The van der Waals surface area contributed by atoms with Gasteiger partial charge in [0, 0.05) is 0 Å². The zero-order chi connectivity index (χ0) is 17.1. The smallest absolute Gasteiger partial charge is 0.434 e. The first-order chi connectivity index (χ1) is 11.0. The molecule has 1 aromatic carbocycles. The number of para-hydroxylation sites is 1. The van der Waals surface area contributed by atoms with Crippen LogP contribution in [0.2, 0.25) is 0 Å². The zero-order valence-corrected chi connectivity index (χ0v) is 15.1. The van der Waals surface area contributed by atoms with Gasteiger partial charge >= 0.3 is 6.16 Å². The summed E-state index contributed by atoms with van der Waals surface area (Å²) in [6.45, 7) is 9.11. The van der Waals surface area contributed by atoms with Crippen LogP contribution in [-0.2, 0) is 4.74 Å². The molecule has 0 fully saturated rings. The lowest BCUT2D eigenvalue weighted by molar-refractivity contribution is 0.0968. The third-order valence-electron chi connectivity index (χ3n) is 3.88. The molecule has 0 atom stereocenters. The summed E-state index contributed by atoms with van der Waals surface area (Å²) in [6.07, 6.45) is 6.49. The molecule has 3 heteroatoms. The van der Waals surface area contributed by atoms with Crippen LogP contribution in [-0.4, -0.2) is 12.8 Å². The van der Waals surface area contributed by atoms with E-state index >= 15 is 0 Å². The molecule has 0 N–H and O–H groups in total. The van der Waals surface area contributed by atoms with Gasteiger partial charge in [-0.1, -0.05) is 78.0 Å². The molecule has 0 heterocycles. The van der Waals surface area contributed by atoms with E-state index in [-0.39, 0.29) is 0 Å². The lowest BCUT2D eigenvalue weighted by atomic mass is 10.0. The Morgan fingerprint density at radius 3 is 2.30 bits per heavy atom. The fourth-order valence-electron chi connectivity index (χ4n) is 2.51. The second-order valence-corrected chi connectivity index (χ2v) is 6.84. The van der Waals surface area contributed by atoms with Crippen molar-refractivity contribution in [1.82, 2.24) is 0 Å². The summed E-state index contributed by atoms with van der Waals surface area (Å²) in [5.41, 5.74) is 1.02. The number of ether oxygens (including phenoxy) is 2. The minimum atomic E-state index is -0.599. The Labute approximate surface area is 141 Å². The van der Waals surface area contributed by atoms with Crippen LogP contribution in [0.3, 0.4) is 0 Å². The normalized spacial score (nSPS) is 11.0. The number of unbranched alkanes of at least 4 members (excludes halogenated alkanes) is 4. The van der Waals surface area contributed by atoms with Gasteiger partial charge < -0.3 is 9.47 Å². The van der Waals surface area contributed by atoms with Gasteiger partial charge in [-0.05, 0) is 29.9 Å². The minimum Gasteiger partial charge on any atom is -0.434 e. The maximum Gasteiger partial charge on any atom is 0.513 e. The van der Waals surface area contributed by atoms with Crippen LogP contribution in [0.15, 0.2) is 24.3 Å². The minimum absolute atomic E-state index is 0.310. The molecule has 1 aromatic rings. The molecule has 0 aliphatic carbocycles. The fourth-order valence-corrected chi connectivity index (χ4v) is 2.51. The highest BCUT2D eigenvalue weighted by atomic mass is 16.7. The monoisotopic (exact) mass is 320 g/mol. The zero-order valence-electron chi connectivity index (χ0n) is 15.1. The molecular formula is C20H32O3. The first-order valence-electron chi connectivity index (χ1n) is 8.94. The third-order valence-corrected chi connectivity index (χ3v) is 3.88. The predicted molar refractivity (Wildman–Crippen MR) is 95.0 cm³/mol. The van der Waals surface area contributed by atoms with Gasteiger partial charge in [0.2, 0.25) is 0 Å². The molecule has 0 spiro atoms. The number of hydrogen-bond donors (Lipinski definition) is 0. The van der Waals surface area contributed by atoms with Gasteiger partial charge in [-0.15, -0.1) is 0 Å². The molecular weight excluding hydrogens is 288 g/mol. The van der Waals surface area contributed by atoms with Gasteiger partial charge in [0.1, 0.15) is 5.75 Å². The van der Waals surface area contributed by atoms with E-state index in [1.54, 1.807) is 0 Å². The molecule has 3 nitrogen and oxygen atoms in total. The average molecular weight is 320 g/mol. The van der Waals surface area contributed by atoms with Crippen molar-refractivity contribution in [3.63, 3.8) is 0 Å². The van der Waals surface area contributed by atoms with Crippen molar-refractivity contribution in [1.29, 1.82) is 0 Å². The molecule has 0 saturated carbocycles. The third kappa shape index (κ3) is 8.63. The molecule has 23 heavy (non-hydrogen) atoms. The molecule has 0 radical (unpaired) electrons. The van der Waals surface area contributed by atoms with Crippen LogP contribution in [0.1, 0.15) is 77.7 Å². The van der Waals surface area contributed by atoms with Crippen LogP contribution in [0.4, 0.5) is 4.79 Å². The SMILES string of the molecule is CC(C)CCCCCCCOC(=O)Oc1ccccc1C(C)C. The van der Waals surface area contributed by atoms with E-state index in [1.807, 2.05) is 24.3 Å². The van der Waals surface area contributed by atoms with Crippen molar-refractivity contribution in [3.8, 4) is 5.75 Å². The lowest BCUT2D eigenvalue weighted by Crippen LogP contribution is -2.12. The molecule has 1 rings (SSSR count). The Balaban J connectivity index is 2.16. The summed E-state index contributed by atoms with van der Waals surface area (Å²) >= 11 is 0. The van der Waals surface area contributed by atoms with Crippen molar-refractivity contribution in [3.05, 3.63) is 29.8 Å². The Morgan fingerprint density at radius 2 is 1.61 bits per heavy atom. The highest BCUT2D eigenvalue weighted by Gasteiger charge is 2.11. The summed E-state index contributed by atoms with van der Waals surface area (Å²) in [7, 11) is 0. The van der Waals surface area contributed by atoms with Gasteiger partial charge in [0.05, 0.1) is 6.61 Å². The number of carbonyl (C=O) groups excluding carboxylic acids is 1. The number of rotatable bonds is 10. The molecule has 0 bridgehead atoms. The second-order valence-electron chi connectivity index (χ2n) is 6.84. The number of hydrogen-bond acceptors (Lipinski definition) is 3. The fraction of sp³-hybridized carbons (Fsp3) is 0.650. The summed E-state index contributed by atoms with van der Waals surface area (Å²) in [4.78, 5) is 11.8. The van der Waals surface area contributed by atoms with Gasteiger partial charge in [0.25, 0.3) is 0 Å². The Kier molecular flexibility index (Phi) is 9.42. The Morgan fingerprint density at radius 1 is 0.957 bits per heavy atom. The van der Waals surface area contributed by atoms with Gasteiger partial charge in [-0.3, -0.25) is 0 Å². The van der Waals surface area contributed by atoms with E-state index in [1.165, 1.54) is 25.7 Å². The first kappa shape index (κ1) is 19.5. The van der Waals surface area contributed by atoms with Crippen LogP contribution in [0.5, 0.6) is 5.75 Å². The van der Waals surface area contributed by atoms with Crippen LogP contribution >= 0.6 is 0 Å². The van der Waals surface area contributed by atoms with Crippen molar-refractivity contribution in [2.75, 3.05) is 6.61 Å². The van der Waals surface area contributed by atoms with E-state index in [0.29, 0.717) is 18.3 Å². The number of benzene rings is 1. The first-order valence-corrected chi connectivity index (χ1v) is 8.94. The summed E-state index contributed by atoms with van der Waals surface area (Å²) in [5, 5.41) is 0. The maximum absolute atomic E-state index is 11.8. The van der Waals surface area contributed by atoms with E-state index in [2.05, 4.69) is 27.7 Å². The topological polar surface area (TPSA) is 35.5 Å². The van der Waals surface area contributed by atoms with Crippen LogP contribution in [0, 0.1) is 5.92 Å². The summed E-state index contributed by atoms with van der Waals surface area (Å²) < 4.78 is 10.5. The van der Waals surface area contributed by atoms with E-state index in [0.717, 1.165) is 24.3 Å². The van der Waals surface area contributed by atoms with Crippen LogP contribution in [0.25, 0.3) is 0 Å². The lowest BCUT2D eigenvalue weighted by Gasteiger charge is -2.12. The molecule has 0 unspecified atom stereocenters. The van der Waals surface area contributed by atoms with Crippen molar-refractivity contribution in [2.24, 2.45) is 5.92 Å². The van der Waals surface area contributed by atoms with Crippen molar-refractivity contribution < 1.29 is 14.3 Å². The standard InChI is InChI=1S/C20H32O3/c1-16(2)12-8-6-5-7-11-15-22-20(21)23-19-14-10-9-13-18(19)17(3)4/h9-10,13-14,16-17H,5-8,11-12,15H2,1-4H3. The van der Waals surface area contributed by atoms with Gasteiger partial charge in [0.15, 0.2) is 0 Å². The van der Waals surface area contributed by atoms with Crippen molar-refractivity contribution >= 4 is 6.16 Å². The van der Waals surface area contributed by atoms with E-state index in [4.69, 9.17) is 9.47 Å². The molecule has 0 saturated heterocycles. The quantitative estimate of drug-likeness (QED) is 0.287. The molecule has 0 aliphatic heterocycles. The summed E-state index contributed by atoms with van der Waals surface area (Å²) in [5.74, 6) is 1.70. The highest BCUT2D eigenvalue weighted by molar-refractivity contribution is 5.64. The molecule has 130 valence electrons. The van der Waals surface area contributed by atoms with E-state index < -0.39 is 6.16 Å². The molecule has 0 aliphatic rings. The highest BCUT2D eigenvalue weighted by Crippen LogP contribution is 2.26. The largest absolute Gasteiger partial charge is 0.513 e. The van der Waals surface area contributed by atoms with Gasteiger partial charge in [-0.25, -0.2) is 4.79 Å². The van der Waals surface area contributed by atoms with Crippen LogP contribution < -0.4 is 4.74 Å². The summed E-state index contributed by atoms with van der Waals surface area (Å²) in [6, 6.07) is 7.61.